The van der Waals surface area contributed by atoms with E-state index in [2.05, 4.69) is 9.72 Å². The number of hydrogen-bond donors (Lipinski definition) is 0. The number of fused-ring (bicyclic) bond motifs is 3. The first-order chi connectivity index (χ1) is 16.1. The molecule has 0 radical (unpaired) electrons. The number of nitrogens with zero attached hydrogens (tertiary/aromatic N) is 2. The van der Waals surface area contributed by atoms with Crippen molar-refractivity contribution in [1.29, 1.82) is 0 Å². The molecular formula is C24H18N2O6S. The van der Waals surface area contributed by atoms with Gasteiger partial charge in [-0.3, -0.25) is 4.79 Å². The number of esters is 1. The summed E-state index contributed by atoms with van der Waals surface area (Å²) in [6.45, 7) is 0.107. The van der Waals surface area contributed by atoms with Gasteiger partial charge in [0.25, 0.3) is 5.56 Å². The first-order valence-corrected chi connectivity index (χ1v) is 10.8. The summed E-state index contributed by atoms with van der Waals surface area (Å²) < 4.78 is 23.5. The van der Waals surface area contributed by atoms with Crippen molar-refractivity contribution in [2.24, 2.45) is 0 Å². The molecule has 5 rings (SSSR count). The molecule has 0 saturated carbocycles. The summed E-state index contributed by atoms with van der Waals surface area (Å²) >= 11 is 1.34. The van der Waals surface area contributed by atoms with E-state index >= 15 is 0 Å². The van der Waals surface area contributed by atoms with Crippen LogP contribution in [0.15, 0.2) is 63.8 Å². The SMILES string of the molecule is COC(=O)c1ccc(COc2ccc(/C=c3/sc4nc5ccccc5n4c3=O)cc2OC)o1. The van der Waals surface area contributed by atoms with E-state index in [4.69, 9.17) is 13.9 Å². The highest BCUT2D eigenvalue weighted by Crippen LogP contribution is 2.29. The van der Waals surface area contributed by atoms with Gasteiger partial charge in [0.15, 0.2) is 16.5 Å². The van der Waals surface area contributed by atoms with Crippen LogP contribution in [-0.4, -0.2) is 29.6 Å². The molecule has 0 saturated heterocycles. The number of hydrogen-bond acceptors (Lipinski definition) is 8. The molecule has 3 heterocycles. The van der Waals surface area contributed by atoms with Crippen molar-refractivity contribution in [3.63, 3.8) is 0 Å². The molecule has 9 heteroatoms. The normalized spacial score (nSPS) is 11.9. The van der Waals surface area contributed by atoms with Gasteiger partial charge in [0.05, 0.1) is 29.8 Å². The second-order valence-electron chi connectivity index (χ2n) is 7.09. The monoisotopic (exact) mass is 462 g/mol. The molecule has 166 valence electrons. The number of rotatable bonds is 6. The lowest BCUT2D eigenvalue weighted by Gasteiger charge is -2.10. The maximum atomic E-state index is 13.0. The topological polar surface area (TPSA) is 92.3 Å². The Balaban J connectivity index is 1.42. The maximum absolute atomic E-state index is 13.0. The lowest BCUT2D eigenvalue weighted by atomic mass is 10.2. The summed E-state index contributed by atoms with van der Waals surface area (Å²) in [5, 5.41) is 0. The average molecular weight is 462 g/mol. The van der Waals surface area contributed by atoms with Gasteiger partial charge in [-0.2, -0.15) is 0 Å². The van der Waals surface area contributed by atoms with Crippen LogP contribution in [0.25, 0.3) is 22.1 Å². The van der Waals surface area contributed by atoms with Crippen molar-refractivity contribution >= 4 is 39.4 Å². The zero-order chi connectivity index (χ0) is 22.9. The van der Waals surface area contributed by atoms with Crippen LogP contribution < -0.4 is 19.6 Å². The molecule has 0 aliphatic heterocycles. The van der Waals surface area contributed by atoms with Crippen LogP contribution in [0.3, 0.4) is 0 Å². The number of benzene rings is 2. The highest BCUT2D eigenvalue weighted by molar-refractivity contribution is 7.15. The third-order valence-corrected chi connectivity index (χ3v) is 6.02. The van der Waals surface area contributed by atoms with Gasteiger partial charge in [0, 0.05) is 0 Å². The Morgan fingerprint density at radius 3 is 2.79 bits per heavy atom. The van der Waals surface area contributed by atoms with E-state index in [1.54, 1.807) is 35.8 Å². The number of thiazole rings is 1. The van der Waals surface area contributed by atoms with Crippen molar-refractivity contribution in [2.45, 2.75) is 6.61 Å². The minimum absolute atomic E-state index is 0.107. The summed E-state index contributed by atoms with van der Waals surface area (Å²) in [5.74, 6) is 1.03. The largest absolute Gasteiger partial charge is 0.493 e. The Hall–Kier alpha value is -4.11. The molecule has 0 amide bonds. The smallest absolute Gasteiger partial charge is 0.373 e. The Morgan fingerprint density at radius 2 is 1.97 bits per heavy atom. The number of methoxy groups -OCH3 is 2. The van der Waals surface area contributed by atoms with Crippen LogP contribution in [0.5, 0.6) is 11.5 Å². The number of para-hydroxylation sites is 2. The zero-order valence-corrected chi connectivity index (χ0v) is 18.5. The van der Waals surface area contributed by atoms with E-state index in [-0.39, 0.29) is 17.9 Å². The highest BCUT2D eigenvalue weighted by Gasteiger charge is 2.13. The highest BCUT2D eigenvalue weighted by atomic mass is 32.1. The zero-order valence-electron chi connectivity index (χ0n) is 17.7. The lowest BCUT2D eigenvalue weighted by Crippen LogP contribution is -2.22. The Labute approximate surface area is 191 Å². The molecule has 8 nitrogen and oxygen atoms in total. The lowest BCUT2D eigenvalue weighted by molar-refractivity contribution is 0.0561. The van der Waals surface area contributed by atoms with Gasteiger partial charge in [0.1, 0.15) is 12.4 Å². The Morgan fingerprint density at radius 1 is 1.12 bits per heavy atom. The first-order valence-electron chi connectivity index (χ1n) is 9.97. The summed E-state index contributed by atoms with van der Waals surface area (Å²) in [7, 11) is 2.83. The van der Waals surface area contributed by atoms with E-state index in [1.165, 1.54) is 24.5 Å². The molecular weight excluding hydrogens is 444 g/mol. The minimum Gasteiger partial charge on any atom is -0.493 e. The molecule has 0 unspecified atom stereocenters. The predicted octanol–water partition coefficient (Wildman–Crippen LogP) is 3.42. The molecule has 5 aromatic rings. The molecule has 33 heavy (non-hydrogen) atoms. The third kappa shape index (κ3) is 3.83. The van der Waals surface area contributed by atoms with Crippen LogP contribution in [-0.2, 0) is 11.3 Å². The molecule has 0 fully saturated rings. The molecule has 3 aromatic heterocycles. The van der Waals surface area contributed by atoms with Crippen molar-refractivity contribution in [3.05, 3.63) is 86.6 Å². The number of carbonyl (C=O) groups is 1. The summed E-state index contributed by atoms with van der Waals surface area (Å²) in [5.41, 5.74) is 2.27. The van der Waals surface area contributed by atoms with E-state index in [0.717, 1.165) is 16.6 Å². The van der Waals surface area contributed by atoms with Crippen molar-refractivity contribution < 1.29 is 23.4 Å². The molecule has 0 N–H and O–H groups in total. The van der Waals surface area contributed by atoms with Gasteiger partial charge >= 0.3 is 5.97 Å². The Bertz CT molecular complexity index is 1600. The summed E-state index contributed by atoms with van der Waals surface area (Å²) in [4.78, 5) is 29.7. The van der Waals surface area contributed by atoms with Crippen molar-refractivity contribution in [2.75, 3.05) is 14.2 Å². The molecule has 0 aliphatic rings. The summed E-state index contributed by atoms with van der Waals surface area (Å²) in [6.07, 6.45) is 1.80. The molecule has 0 spiro atoms. The number of ether oxygens (including phenoxy) is 3. The standard InChI is InChI=1S/C24H18N2O6S/c1-29-20-11-14(7-9-18(20)31-13-15-8-10-19(32-15)23(28)30-2)12-21-22(27)26-17-6-4-3-5-16(17)25-24(26)33-21/h3-12H,13H2,1-2H3/b21-12+. The fraction of sp³-hybridized carbons (Fsp3) is 0.125. The number of aromatic nitrogens is 2. The first kappa shape index (κ1) is 20.8. The van der Waals surface area contributed by atoms with Crippen LogP contribution in [0.1, 0.15) is 21.9 Å². The van der Waals surface area contributed by atoms with Crippen LogP contribution >= 0.6 is 11.3 Å². The fourth-order valence-electron chi connectivity index (χ4n) is 3.47. The average Bonchev–Trinajstić information content (AvgIpc) is 3.53. The number of imidazole rings is 1. The Kier molecular flexibility index (Phi) is 5.31. The third-order valence-electron chi connectivity index (χ3n) is 5.05. The van der Waals surface area contributed by atoms with Crippen LogP contribution in [0.2, 0.25) is 0 Å². The quantitative estimate of drug-likeness (QED) is 0.357. The molecule has 2 aromatic carbocycles. The molecule has 0 bridgehead atoms. The van der Waals surface area contributed by atoms with Gasteiger partial charge in [-0.05, 0) is 48.0 Å². The predicted molar refractivity (Wildman–Crippen MR) is 123 cm³/mol. The van der Waals surface area contributed by atoms with Gasteiger partial charge in [-0.15, -0.1) is 0 Å². The molecule has 0 atom stereocenters. The van der Waals surface area contributed by atoms with Gasteiger partial charge in [0.2, 0.25) is 5.76 Å². The fourth-order valence-corrected chi connectivity index (χ4v) is 4.46. The molecule has 0 aliphatic carbocycles. The van der Waals surface area contributed by atoms with E-state index < -0.39 is 5.97 Å². The van der Waals surface area contributed by atoms with Crippen LogP contribution in [0.4, 0.5) is 0 Å². The summed E-state index contributed by atoms with van der Waals surface area (Å²) in [6, 6.07) is 16.1. The van der Waals surface area contributed by atoms with Crippen molar-refractivity contribution in [3.8, 4) is 11.5 Å². The van der Waals surface area contributed by atoms with E-state index in [0.29, 0.717) is 26.8 Å². The maximum Gasteiger partial charge on any atom is 0.373 e. The number of furan rings is 1. The van der Waals surface area contributed by atoms with Gasteiger partial charge in [-0.25, -0.2) is 14.2 Å². The van der Waals surface area contributed by atoms with Crippen LogP contribution in [0, 0.1) is 0 Å². The minimum atomic E-state index is -0.550. The van der Waals surface area contributed by atoms with Gasteiger partial charge < -0.3 is 18.6 Å². The van der Waals surface area contributed by atoms with E-state index in [9.17, 15) is 9.59 Å². The second kappa shape index (κ2) is 8.44. The number of carbonyl (C=O) groups excluding carboxylic acids is 1. The second-order valence-corrected chi connectivity index (χ2v) is 8.10. The van der Waals surface area contributed by atoms with Crippen molar-refractivity contribution in [1.82, 2.24) is 9.38 Å². The van der Waals surface area contributed by atoms with E-state index in [1.807, 2.05) is 30.3 Å². The van der Waals surface area contributed by atoms with Gasteiger partial charge in [-0.1, -0.05) is 29.5 Å².